The van der Waals surface area contributed by atoms with Crippen LogP contribution in [0.3, 0.4) is 0 Å². The van der Waals surface area contributed by atoms with Crippen LogP contribution < -0.4 is 10.2 Å². The number of nitrogens with one attached hydrogen (secondary N) is 2. The van der Waals surface area contributed by atoms with Crippen LogP contribution in [-0.2, 0) is 9.59 Å². The van der Waals surface area contributed by atoms with E-state index in [2.05, 4.69) is 24.4 Å². The molecule has 1 heterocycles. The molecule has 1 aliphatic rings. The Balaban J connectivity index is 1.41. The first kappa shape index (κ1) is 20.0. The average Bonchev–Trinajstić information content (AvgIpc) is 2.71. The fourth-order valence-corrected chi connectivity index (χ4v) is 3.51. The summed E-state index contributed by atoms with van der Waals surface area (Å²) in [7, 11) is 0. The van der Waals surface area contributed by atoms with E-state index in [1.807, 2.05) is 23.1 Å². The van der Waals surface area contributed by atoms with Crippen molar-refractivity contribution in [1.82, 2.24) is 4.90 Å². The maximum absolute atomic E-state index is 12.9. The van der Waals surface area contributed by atoms with Gasteiger partial charge in [-0.3, -0.25) is 9.59 Å². The molecule has 5 nitrogen and oxygen atoms in total. The third kappa shape index (κ3) is 5.63. The number of nitrogens with zero attached hydrogens (tertiary/aromatic N) is 1. The van der Waals surface area contributed by atoms with Crippen molar-refractivity contribution in [2.24, 2.45) is 0 Å². The summed E-state index contributed by atoms with van der Waals surface area (Å²) >= 11 is 0. The molecule has 2 aromatic rings. The Labute approximate surface area is 165 Å². The summed E-state index contributed by atoms with van der Waals surface area (Å²) in [6, 6.07) is 15.8. The van der Waals surface area contributed by atoms with Gasteiger partial charge in [0.1, 0.15) is 5.82 Å². The first-order chi connectivity index (χ1) is 13.5. The minimum absolute atomic E-state index is 0.0981. The maximum atomic E-state index is 12.9. The van der Waals surface area contributed by atoms with Gasteiger partial charge in [-0.05, 0) is 35.7 Å². The van der Waals surface area contributed by atoms with Crippen molar-refractivity contribution in [3.05, 3.63) is 66.0 Å². The Morgan fingerprint density at radius 2 is 1.71 bits per heavy atom. The molecule has 28 heavy (non-hydrogen) atoms. The molecule has 0 bridgehead atoms. The highest BCUT2D eigenvalue weighted by atomic mass is 19.1. The van der Waals surface area contributed by atoms with Crippen LogP contribution in [0.4, 0.5) is 10.1 Å². The van der Waals surface area contributed by atoms with Gasteiger partial charge in [-0.1, -0.05) is 37.3 Å². The van der Waals surface area contributed by atoms with Crippen LogP contribution in [0.5, 0.6) is 0 Å². The predicted molar refractivity (Wildman–Crippen MR) is 107 cm³/mol. The number of benzene rings is 2. The van der Waals surface area contributed by atoms with Crippen molar-refractivity contribution in [2.75, 3.05) is 38.0 Å². The zero-order valence-corrected chi connectivity index (χ0v) is 16.2. The maximum Gasteiger partial charge on any atom is 0.279 e. The van der Waals surface area contributed by atoms with Crippen molar-refractivity contribution >= 4 is 17.5 Å². The highest BCUT2D eigenvalue weighted by Gasteiger charge is 2.26. The van der Waals surface area contributed by atoms with Crippen LogP contribution in [0.25, 0.3) is 0 Å². The van der Waals surface area contributed by atoms with Crippen LogP contribution in [0, 0.1) is 5.82 Å². The molecule has 148 valence electrons. The largest absolute Gasteiger partial charge is 0.331 e. The summed E-state index contributed by atoms with van der Waals surface area (Å²) in [5.41, 5.74) is 1.77. The Kier molecular flexibility index (Phi) is 6.76. The molecule has 1 aliphatic heterocycles. The van der Waals surface area contributed by atoms with E-state index in [1.54, 1.807) is 12.1 Å². The average molecular weight is 384 g/mol. The van der Waals surface area contributed by atoms with Crippen molar-refractivity contribution in [3.63, 3.8) is 0 Å². The van der Waals surface area contributed by atoms with Crippen molar-refractivity contribution in [1.29, 1.82) is 0 Å². The Morgan fingerprint density at radius 1 is 1.07 bits per heavy atom. The molecule has 2 aromatic carbocycles. The first-order valence-corrected chi connectivity index (χ1v) is 9.73. The number of amides is 2. The second-order valence-corrected chi connectivity index (χ2v) is 7.38. The molecule has 0 unspecified atom stereocenters. The number of piperazine rings is 1. The molecular formula is C22H27FN3O2+. The quantitative estimate of drug-likeness (QED) is 0.796. The molecule has 1 fully saturated rings. The fourth-order valence-electron chi connectivity index (χ4n) is 3.51. The van der Waals surface area contributed by atoms with Crippen molar-refractivity contribution in [2.45, 2.75) is 19.3 Å². The van der Waals surface area contributed by atoms with E-state index in [-0.39, 0.29) is 23.5 Å². The van der Waals surface area contributed by atoms with Gasteiger partial charge in [0.05, 0.1) is 26.2 Å². The molecule has 0 aliphatic carbocycles. The third-order valence-electron chi connectivity index (χ3n) is 5.21. The Bertz CT molecular complexity index is 787. The number of carbonyl (C=O) groups excluding carboxylic acids is 2. The summed E-state index contributed by atoms with van der Waals surface area (Å²) in [5, 5.41) is 2.79. The molecule has 2 amide bonds. The molecular weight excluding hydrogens is 357 g/mol. The normalized spacial score (nSPS) is 15.9. The minimum atomic E-state index is -0.328. The van der Waals surface area contributed by atoms with Crippen molar-refractivity contribution in [3.8, 4) is 0 Å². The lowest BCUT2D eigenvalue weighted by Gasteiger charge is -2.32. The van der Waals surface area contributed by atoms with Gasteiger partial charge < -0.3 is 15.1 Å². The van der Waals surface area contributed by atoms with Crippen LogP contribution in [0.15, 0.2) is 54.6 Å². The molecule has 2 N–H and O–H groups in total. The monoisotopic (exact) mass is 384 g/mol. The molecule has 0 saturated carbocycles. The fraction of sp³-hybridized carbons (Fsp3) is 0.364. The number of hydrogen-bond acceptors (Lipinski definition) is 2. The molecule has 1 saturated heterocycles. The number of hydrogen-bond donors (Lipinski definition) is 2. The van der Waals surface area contributed by atoms with E-state index in [4.69, 9.17) is 0 Å². The number of rotatable bonds is 6. The van der Waals surface area contributed by atoms with Gasteiger partial charge >= 0.3 is 0 Å². The van der Waals surface area contributed by atoms with Crippen LogP contribution >= 0.6 is 0 Å². The number of anilines is 1. The van der Waals surface area contributed by atoms with Gasteiger partial charge in [-0.15, -0.1) is 0 Å². The second-order valence-electron chi connectivity index (χ2n) is 7.38. The Morgan fingerprint density at radius 3 is 2.36 bits per heavy atom. The molecule has 3 rings (SSSR count). The number of carbonyl (C=O) groups is 2. The van der Waals surface area contributed by atoms with Crippen LogP contribution in [0.2, 0.25) is 0 Å². The summed E-state index contributed by atoms with van der Waals surface area (Å²) in [6.45, 7) is 5.26. The highest BCUT2D eigenvalue weighted by Crippen LogP contribution is 2.19. The van der Waals surface area contributed by atoms with Gasteiger partial charge in [-0.25, -0.2) is 4.39 Å². The predicted octanol–water partition coefficient (Wildman–Crippen LogP) is 1.69. The SMILES string of the molecule is C[C@H](CC(=O)N1CC[NH+](CC(=O)Nc2ccc(F)cc2)CC1)c1ccccc1. The lowest BCUT2D eigenvalue weighted by molar-refractivity contribution is -0.895. The van der Waals surface area contributed by atoms with Crippen LogP contribution in [-0.4, -0.2) is 49.4 Å². The van der Waals surface area contributed by atoms with E-state index in [9.17, 15) is 14.0 Å². The van der Waals surface area contributed by atoms with Crippen molar-refractivity contribution < 1.29 is 18.9 Å². The van der Waals surface area contributed by atoms with Gasteiger partial charge in [0.2, 0.25) is 5.91 Å². The topological polar surface area (TPSA) is 53.9 Å². The van der Waals surface area contributed by atoms with Gasteiger partial charge in [0.25, 0.3) is 5.91 Å². The highest BCUT2D eigenvalue weighted by molar-refractivity contribution is 5.91. The van der Waals surface area contributed by atoms with E-state index < -0.39 is 0 Å². The molecule has 1 atom stereocenters. The van der Waals surface area contributed by atoms with E-state index in [0.717, 1.165) is 18.0 Å². The zero-order chi connectivity index (χ0) is 19.9. The van der Waals surface area contributed by atoms with Gasteiger partial charge in [0.15, 0.2) is 6.54 Å². The lowest BCUT2D eigenvalue weighted by Crippen LogP contribution is -3.15. The molecule has 0 aromatic heterocycles. The second kappa shape index (κ2) is 9.46. The zero-order valence-electron chi connectivity index (χ0n) is 16.2. The smallest absolute Gasteiger partial charge is 0.279 e. The summed E-state index contributed by atoms with van der Waals surface area (Å²) in [4.78, 5) is 27.8. The molecule has 0 spiro atoms. The van der Waals surface area contributed by atoms with Gasteiger partial charge in [-0.2, -0.15) is 0 Å². The number of halogens is 1. The molecule has 6 heteroatoms. The lowest BCUT2D eigenvalue weighted by atomic mass is 9.97. The number of quaternary nitrogens is 1. The minimum Gasteiger partial charge on any atom is -0.331 e. The van der Waals surface area contributed by atoms with E-state index in [1.165, 1.54) is 17.7 Å². The summed E-state index contributed by atoms with van der Waals surface area (Å²) in [5.74, 6) is -0.0585. The van der Waals surface area contributed by atoms with Gasteiger partial charge in [0, 0.05) is 12.1 Å². The summed E-state index contributed by atoms with van der Waals surface area (Å²) < 4.78 is 12.9. The Hall–Kier alpha value is -2.73. The summed E-state index contributed by atoms with van der Waals surface area (Å²) in [6.07, 6.45) is 0.504. The van der Waals surface area contributed by atoms with E-state index in [0.29, 0.717) is 31.7 Å². The first-order valence-electron chi connectivity index (χ1n) is 9.73. The molecule has 0 radical (unpaired) electrons. The van der Waals surface area contributed by atoms with Crippen LogP contribution in [0.1, 0.15) is 24.8 Å². The third-order valence-corrected chi connectivity index (χ3v) is 5.21. The standard InChI is InChI=1S/C22H26FN3O2/c1-17(18-5-3-2-4-6-18)15-22(28)26-13-11-25(12-14-26)16-21(27)24-20-9-7-19(23)8-10-20/h2-10,17H,11-16H2,1H3,(H,24,27)/p+1/t17-/m1/s1. The van der Waals surface area contributed by atoms with E-state index >= 15 is 0 Å².